The summed E-state index contributed by atoms with van der Waals surface area (Å²) in [4.78, 5) is 38.4. The minimum absolute atomic E-state index is 0.126. The van der Waals surface area contributed by atoms with Crippen molar-refractivity contribution in [2.75, 3.05) is 32.5 Å². The first-order valence-electron chi connectivity index (χ1n) is 9.96. The molecular weight excluding hydrogens is 450 g/mol. The number of carbonyl (C=O) groups excluding carboxylic acids is 2. The van der Waals surface area contributed by atoms with Crippen LogP contribution in [-0.4, -0.2) is 64.4 Å². The molecule has 8 nitrogen and oxygen atoms in total. The van der Waals surface area contributed by atoms with Crippen molar-refractivity contribution >= 4 is 57.5 Å². The molecule has 32 heavy (non-hydrogen) atoms. The quantitative estimate of drug-likeness (QED) is 0.555. The number of aromatic nitrogens is 2. The number of thiophene rings is 1. The summed E-state index contributed by atoms with van der Waals surface area (Å²) < 4.78 is 5.26. The molecule has 0 radical (unpaired) electrons. The van der Waals surface area contributed by atoms with E-state index in [0.29, 0.717) is 30.5 Å². The Bertz CT molecular complexity index is 1180. The molecule has 1 saturated heterocycles. The molecule has 2 amide bonds. The minimum Gasteiger partial charge on any atom is -0.383 e. The number of amides is 2. The van der Waals surface area contributed by atoms with E-state index >= 15 is 0 Å². The second-order valence-corrected chi connectivity index (χ2v) is 8.75. The van der Waals surface area contributed by atoms with E-state index in [1.807, 2.05) is 18.2 Å². The predicted octanol–water partition coefficient (Wildman–Crippen LogP) is 2.83. The van der Waals surface area contributed by atoms with Gasteiger partial charge in [0.25, 0.3) is 0 Å². The van der Waals surface area contributed by atoms with Crippen molar-refractivity contribution in [3.05, 3.63) is 57.5 Å². The zero-order valence-electron chi connectivity index (χ0n) is 17.4. The van der Waals surface area contributed by atoms with Crippen LogP contribution < -0.4 is 5.73 Å². The number of halogens is 1. The van der Waals surface area contributed by atoms with Gasteiger partial charge in [-0.25, -0.2) is 9.97 Å². The summed E-state index contributed by atoms with van der Waals surface area (Å²) in [5.41, 5.74) is 7.54. The molecule has 1 aromatic carbocycles. The lowest BCUT2D eigenvalue weighted by molar-refractivity contribution is -0.152. The Labute approximate surface area is 194 Å². The molecule has 0 saturated carbocycles. The van der Waals surface area contributed by atoms with E-state index in [0.717, 1.165) is 21.3 Å². The van der Waals surface area contributed by atoms with E-state index in [4.69, 9.17) is 22.1 Å². The normalized spacial score (nSPS) is 16.9. The third kappa shape index (κ3) is 4.74. The van der Waals surface area contributed by atoms with Crippen molar-refractivity contribution in [2.45, 2.75) is 12.6 Å². The van der Waals surface area contributed by atoms with Crippen LogP contribution in [0.3, 0.4) is 0 Å². The molecule has 2 aromatic heterocycles. The average molecular weight is 472 g/mol. The van der Waals surface area contributed by atoms with Gasteiger partial charge in [0.2, 0.25) is 11.8 Å². The number of nitrogen functional groups attached to an aromatic ring is 1. The van der Waals surface area contributed by atoms with Gasteiger partial charge >= 0.3 is 0 Å². The molecule has 166 valence electrons. The van der Waals surface area contributed by atoms with Crippen LogP contribution in [0.4, 0.5) is 5.82 Å². The highest BCUT2D eigenvalue weighted by atomic mass is 35.5. The molecule has 1 unspecified atom stereocenters. The maximum atomic E-state index is 13.2. The fourth-order valence-electron chi connectivity index (χ4n) is 3.69. The van der Waals surface area contributed by atoms with Gasteiger partial charge in [0, 0.05) is 48.5 Å². The van der Waals surface area contributed by atoms with E-state index in [2.05, 4.69) is 9.97 Å². The highest BCUT2D eigenvalue weighted by Gasteiger charge is 2.36. The number of rotatable bonds is 6. The fraction of sp³-hybridized carbons (Fsp3) is 0.273. The number of hydrogen-bond donors (Lipinski definition) is 1. The van der Waals surface area contributed by atoms with Gasteiger partial charge in [0.1, 0.15) is 18.2 Å². The van der Waals surface area contributed by atoms with Gasteiger partial charge in [-0.1, -0.05) is 17.7 Å². The van der Waals surface area contributed by atoms with Crippen molar-refractivity contribution in [3.63, 3.8) is 0 Å². The molecule has 4 rings (SSSR count). The number of hydrogen-bond acceptors (Lipinski definition) is 7. The highest BCUT2D eigenvalue weighted by Crippen LogP contribution is 2.22. The number of ether oxygens (including phenoxy) is 1. The molecule has 3 heterocycles. The first-order chi connectivity index (χ1) is 15.5. The number of benzene rings is 1. The molecule has 10 heteroatoms. The van der Waals surface area contributed by atoms with Gasteiger partial charge in [-0.15, -0.1) is 11.3 Å². The van der Waals surface area contributed by atoms with Crippen molar-refractivity contribution in [3.8, 4) is 0 Å². The van der Waals surface area contributed by atoms with Gasteiger partial charge in [0.05, 0.1) is 17.1 Å². The lowest BCUT2D eigenvalue weighted by Crippen LogP contribution is -2.59. The lowest BCUT2D eigenvalue weighted by Gasteiger charge is -2.40. The van der Waals surface area contributed by atoms with Crippen LogP contribution >= 0.6 is 22.9 Å². The minimum atomic E-state index is -0.684. The maximum Gasteiger partial charge on any atom is 0.248 e. The van der Waals surface area contributed by atoms with Crippen LogP contribution in [-0.2, 0) is 20.9 Å². The molecule has 0 bridgehead atoms. The number of piperazine rings is 1. The Morgan fingerprint density at radius 2 is 2.19 bits per heavy atom. The van der Waals surface area contributed by atoms with Crippen LogP contribution in [0.5, 0.6) is 0 Å². The first kappa shape index (κ1) is 22.2. The van der Waals surface area contributed by atoms with Crippen LogP contribution in [0.2, 0.25) is 5.02 Å². The molecule has 3 aromatic rings. The van der Waals surface area contributed by atoms with Crippen molar-refractivity contribution < 1.29 is 14.3 Å². The van der Waals surface area contributed by atoms with E-state index < -0.39 is 6.04 Å². The summed E-state index contributed by atoms with van der Waals surface area (Å²) in [6.45, 7) is 1.37. The third-order valence-corrected chi connectivity index (χ3v) is 6.52. The zero-order valence-corrected chi connectivity index (χ0v) is 19.0. The van der Waals surface area contributed by atoms with Gasteiger partial charge in [-0.2, -0.15) is 0 Å². The largest absolute Gasteiger partial charge is 0.383 e. The number of anilines is 1. The maximum absolute atomic E-state index is 13.2. The number of nitrogens with zero attached hydrogens (tertiary/aromatic N) is 4. The number of nitrogens with two attached hydrogens (primary N) is 1. The van der Waals surface area contributed by atoms with E-state index in [-0.39, 0.29) is 18.4 Å². The summed E-state index contributed by atoms with van der Waals surface area (Å²) in [5.74, 6) is 0.0338. The SMILES string of the molecule is COCC1C(=O)N(Cc2ccc3c(N)ncnc3c2)CCN1C(=O)/C=C/c1cc(Cl)cs1. The van der Waals surface area contributed by atoms with Crippen LogP contribution in [0.1, 0.15) is 10.4 Å². The number of methoxy groups -OCH3 is 1. The molecule has 0 aliphatic carbocycles. The van der Waals surface area contributed by atoms with Crippen molar-refractivity contribution in [1.29, 1.82) is 0 Å². The summed E-state index contributed by atoms with van der Waals surface area (Å²) in [5, 5.41) is 3.20. The zero-order chi connectivity index (χ0) is 22.7. The molecule has 1 aliphatic rings. The van der Waals surface area contributed by atoms with Crippen LogP contribution in [0.25, 0.3) is 17.0 Å². The number of fused-ring (bicyclic) bond motifs is 1. The molecule has 2 N–H and O–H groups in total. The van der Waals surface area contributed by atoms with Gasteiger partial charge in [-0.05, 0) is 29.8 Å². The summed E-state index contributed by atoms with van der Waals surface area (Å²) in [6, 6.07) is 6.77. The standard InChI is InChI=1S/C22H22ClN5O3S/c1-31-11-19-22(30)27(10-14-2-4-17-18(8-14)25-13-26-21(17)24)6-7-28(19)20(29)5-3-16-9-15(23)12-32-16/h2-5,8-9,12-13,19H,6-7,10-11H2,1H3,(H2,24,25,26)/b5-3+. The van der Waals surface area contributed by atoms with E-state index in [9.17, 15) is 9.59 Å². The summed E-state index contributed by atoms with van der Waals surface area (Å²) in [7, 11) is 1.52. The van der Waals surface area contributed by atoms with Crippen LogP contribution in [0.15, 0.2) is 42.0 Å². The first-order valence-corrected chi connectivity index (χ1v) is 11.2. The van der Waals surface area contributed by atoms with E-state index in [1.165, 1.54) is 30.8 Å². The Kier molecular flexibility index (Phi) is 6.69. The lowest BCUT2D eigenvalue weighted by atomic mass is 10.1. The highest BCUT2D eigenvalue weighted by molar-refractivity contribution is 7.11. The smallest absolute Gasteiger partial charge is 0.248 e. The topological polar surface area (TPSA) is 102 Å². The average Bonchev–Trinajstić information content (AvgIpc) is 3.20. The second kappa shape index (κ2) is 9.64. The Hall–Kier alpha value is -3.01. The monoisotopic (exact) mass is 471 g/mol. The van der Waals surface area contributed by atoms with Crippen molar-refractivity contribution in [2.24, 2.45) is 0 Å². The molecular formula is C22H22ClN5O3S. The second-order valence-electron chi connectivity index (χ2n) is 7.37. The Balaban J connectivity index is 1.48. The van der Waals surface area contributed by atoms with E-state index in [1.54, 1.807) is 27.3 Å². The van der Waals surface area contributed by atoms with Gasteiger partial charge < -0.3 is 20.3 Å². The molecule has 1 aliphatic heterocycles. The fourth-order valence-corrected chi connectivity index (χ4v) is 4.66. The van der Waals surface area contributed by atoms with Gasteiger partial charge in [-0.3, -0.25) is 9.59 Å². The third-order valence-electron chi connectivity index (χ3n) is 5.27. The number of carbonyl (C=O) groups is 2. The summed E-state index contributed by atoms with van der Waals surface area (Å²) in [6.07, 6.45) is 4.60. The van der Waals surface area contributed by atoms with Crippen molar-refractivity contribution in [1.82, 2.24) is 19.8 Å². The Morgan fingerprint density at radius 1 is 1.34 bits per heavy atom. The molecule has 1 atom stereocenters. The Morgan fingerprint density at radius 3 is 2.94 bits per heavy atom. The predicted molar refractivity (Wildman–Crippen MR) is 125 cm³/mol. The van der Waals surface area contributed by atoms with Crippen LogP contribution in [0, 0.1) is 0 Å². The van der Waals surface area contributed by atoms with Gasteiger partial charge in [0.15, 0.2) is 0 Å². The molecule has 0 spiro atoms. The summed E-state index contributed by atoms with van der Waals surface area (Å²) >= 11 is 7.38. The molecule has 1 fully saturated rings.